The van der Waals surface area contributed by atoms with Gasteiger partial charge in [-0.15, -0.1) is 10.2 Å². The quantitative estimate of drug-likeness (QED) is 0.599. The molecule has 0 saturated carbocycles. The van der Waals surface area contributed by atoms with Gasteiger partial charge in [0.15, 0.2) is 5.78 Å². The van der Waals surface area contributed by atoms with Crippen molar-refractivity contribution in [1.82, 2.24) is 25.1 Å². The van der Waals surface area contributed by atoms with Gasteiger partial charge in [-0.2, -0.15) is 4.80 Å². The van der Waals surface area contributed by atoms with Gasteiger partial charge in [-0.25, -0.2) is 4.39 Å². The summed E-state index contributed by atoms with van der Waals surface area (Å²) in [5.74, 6) is 0.472. The van der Waals surface area contributed by atoms with Crippen molar-refractivity contribution in [2.24, 2.45) is 5.92 Å². The number of aromatic nitrogens is 4. The number of nitrogens with zero attached hydrogens (tertiary/aromatic N) is 5. The number of aryl methyl sites for hydroxylation is 1. The highest BCUT2D eigenvalue weighted by atomic mass is 19.1. The van der Waals surface area contributed by atoms with E-state index in [9.17, 15) is 9.18 Å². The Morgan fingerprint density at radius 3 is 2.38 bits per heavy atom. The molecular formula is C22H24FN5O. The van der Waals surface area contributed by atoms with Gasteiger partial charge in [0.05, 0.1) is 6.54 Å². The minimum atomic E-state index is -0.312. The lowest BCUT2D eigenvalue weighted by molar-refractivity contribution is 0.0835. The highest BCUT2D eigenvalue weighted by Crippen LogP contribution is 2.24. The lowest BCUT2D eigenvalue weighted by Gasteiger charge is -2.31. The maximum absolute atomic E-state index is 13.1. The largest absolute Gasteiger partial charge is 0.299 e. The zero-order chi connectivity index (χ0) is 20.2. The molecule has 0 spiro atoms. The molecular weight excluding hydrogens is 369 g/mol. The third-order valence-corrected chi connectivity index (χ3v) is 5.44. The first-order chi connectivity index (χ1) is 14.1. The van der Waals surface area contributed by atoms with Gasteiger partial charge in [0.1, 0.15) is 5.82 Å². The van der Waals surface area contributed by atoms with Crippen molar-refractivity contribution in [2.75, 3.05) is 13.1 Å². The molecule has 2 aromatic carbocycles. The molecule has 0 amide bonds. The van der Waals surface area contributed by atoms with Crippen LogP contribution >= 0.6 is 0 Å². The number of likely N-dealkylation sites (tertiary alicyclic amines) is 1. The summed E-state index contributed by atoms with van der Waals surface area (Å²) in [6, 6.07) is 14.1. The van der Waals surface area contributed by atoms with Crippen LogP contribution in [-0.4, -0.2) is 44.0 Å². The van der Waals surface area contributed by atoms with Crippen LogP contribution in [0.3, 0.4) is 0 Å². The Bertz CT molecular complexity index is 960. The highest BCUT2D eigenvalue weighted by molar-refractivity contribution is 5.97. The second-order valence-electron chi connectivity index (χ2n) is 7.42. The predicted molar refractivity (Wildman–Crippen MR) is 108 cm³/mol. The van der Waals surface area contributed by atoms with Crippen LogP contribution < -0.4 is 0 Å². The summed E-state index contributed by atoms with van der Waals surface area (Å²) in [6.07, 6.45) is 1.66. The van der Waals surface area contributed by atoms with Crippen LogP contribution in [-0.2, 0) is 13.1 Å². The van der Waals surface area contributed by atoms with E-state index in [4.69, 9.17) is 0 Å². The molecule has 0 aliphatic carbocycles. The molecule has 0 radical (unpaired) electrons. The van der Waals surface area contributed by atoms with Gasteiger partial charge in [0, 0.05) is 23.6 Å². The summed E-state index contributed by atoms with van der Waals surface area (Å²) in [7, 11) is 0. The molecule has 7 heteroatoms. The fourth-order valence-corrected chi connectivity index (χ4v) is 3.71. The second-order valence-corrected chi connectivity index (χ2v) is 7.42. The lowest BCUT2D eigenvalue weighted by Crippen LogP contribution is -2.35. The topological polar surface area (TPSA) is 63.9 Å². The Kier molecular flexibility index (Phi) is 5.76. The fraction of sp³-hybridized carbons (Fsp3) is 0.364. The summed E-state index contributed by atoms with van der Waals surface area (Å²) in [6.45, 7) is 5.29. The average molecular weight is 393 g/mol. The summed E-state index contributed by atoms with van der Waals surface area (Å²) in [4.78, 5) is 16.6. The van der Waals surface area contributed by atoms with E-state index < -0.39 is 0 Å². The third-order valence-electron chi connectivity index (χ3n) is 5.44. The molecule has 29 heavy (non-hydrogen) atoms. The normalized spacial score (nSPS) is 15.5. The zero-order valence-corrected chi connectivity index (χ0v) is 16.5. The number of rotatable bonds is 6. The smallest absolute Gasteiger partial charge is 0.204 e. The van der Waals surface area contributed by atoms with Crippen LogP contribution in [0.4, 0.5) is 4.39 Å². The number of hydrogen-bond acceptors (Lipinski definition) is 5. The molecule has 0 unspecified atom stereocenters. The maximum atomic E-state index is 13.1. The van der Waals surface area contributed by atoms with Crippen molar-refractivity contribution in [3.63, 3.8) is 0 Å². The zero-order valence-electron chi connectivity index (χ0n) is 16.5. The van der Waals surface area contributed by atoms with Crippen molar-refractivity contribution in [3.05, 3.63) is 65.5 Å². The van der Waals surface area contributed by atoms with Crippen LogP contribution in [0.15, 0.2) is 48.5 Å². The molecule has 1 aromatic heterocycles. The highest BCUT2D eigenvalue weighted by Gasteiger charge is 2.25. The number of tetrazole rings is 1. The maximum Gasteiger partial charge on any atom is 0.204 e. The molecule has 1 fully saturated rings. The van der Waals surface area contributed by atoms with Crippen molar-refractivity contribution < 1.29 is 9.18 Å². The average Bonchev–Trinajstić information content (AvgIpc) is 3.24. The van der Waals surface area contributed by atoms with E-state index >= 15 is 0 Å². The molecule has 1 aliphatic rings. The summed E-state index contributed by atoms with van der Waals surface area (Å²) in [5, 5.41) is 12.4. The van der Waals surface area contributed by atoms with E-state index in [1.54, 1.807) is 16.9 Å². The Morgan fingerprint density at radius 1 is 1.07 bits per heavy atom. The van der Waals surface area contributed by atoms with Crippen LogP contribution in [0, 0.1) is 11.7 Å². The van der Waals surface area contributed by atoms with E-state index in [1.807, 2.05) is 19.1 Å². The molecule has 0 atom stereocenters. The number of benzene rings is 2. The van der Waals surface area contributed by atoms with Crippen LogP contribution in [0.2, 0.25) is 0 Å². The van der Waals surface area contributed by atoms with Gasteiger partial charge in [0.2, 0.25) is 5.82 Å². The fourth-order valence-electron chi connectivity index (χ4n) is 3.71. The molecule has 0 bridgehead atoms. The molecule has 150 valence electrons. The number of hydrogen-bond donors (Lipinski definition) is 0. The summed E-state index contributed by atoms with van der Waals surface area (Å²) < 4.78 is 13.1. The van der Waals surface area contributed by atoms with Crippen LogP contribution in [0.25, 0.3) is 11.4 Å². The molecule has 4 rings (SSSR count). The van der Waals surface area contributed by atoms with Crippen molar-refractivity contribution in [1.29, 1.82) is 0 Å². The van der Waals surface area contributed by atoms with E-state index in [2.05, 4.69) is 32.4 Å². The van der Waals surface area contributed by atoms with Crippen LogP contribution in [0.1, 0.15) is 35.7 Å². The van der Waals surface area contributed by atoms with Gasteiger partial charge in [0.25, 0.3) is 0 Å². The van der Waals surface area contributed by atoms with Crippen molar-refractivity contribution >= 4 is 5.78 Å². The summed E-state index contributed by atoms with van der Waals surface area (Å²) >= 11 is 0. The minimum Gasteiger partial charge on any atom is -0.299 e. The first kappa shape index (κ1) is 19.4. The predicted octanol–water partition coefficient (Wildman–Crippen LogP) is 3.59. The van der Waals surface area contributed by atoms with Crippen molar-refractivity contribution in [3.8, 4) is 11.4 Å². The Morgan fingerprint density at radius 2 is 1.76 bits per heavy atom. The van der Waals surface area contributed by atoms with Gasteiger partial charge in [-0.1, -0.05) is 24.3 Å². The number of halogens is 1. The summed E-state index contributed by atoms with van der Waals surface area (Å²) in [5.41, 5.74) is 2.78. The monoisotopic (exact) mass is 393 g/mol. The Labute approximate surface area is 169 Å². The van der Waals surface area contributed by atoms with E-state index in [1.165, 1.54) is 17.7 Å². The first-order valence-electron chi connectivity index (χ1n) is 10.0. The molecule has 1 saturated heterocycles. The third kappa shape index (κ3) is 4.56. The minimum absolute atomic E-state index is 0.0198. The van der Waals surface area contributed by atoms with Gasteiger partial charge in [-0.05, 0) is 67.9 Å². The molecule has 2 heterocycles. The van der Waals surface area contributed by atoms with E-state index in [0.717, 1.165) is 38.0 Å². The number of carbonyl (C=O) groups is 1. The Balaban J connectivity index is 1.31. The standard InChI is InChI=1S/C22H24FN5O/c1-2-28-25-22(24-26-28)19-5-3-16(4-6-19)15-27-13-11-18(12-14-27)21(29)17-7-9-20(23)10-8-17/h3-10,18H,2,11-15H2,1H3. The lowest BCUT2D eigenvalue weighted by atomic mass is 9.88. The first-order valence-corrected chi connectivity index (χ1v) is 10.0. The Hall–Kier alpha value is -2.93. The van der Waals surface area contributed by atoms with E-state index in [-0.39, 0.29) is 17.5 Å². The molecule has 0 N–H and O–H groups in total. The van der Waals surface area contributed by atoms with Crippen LogP contribution in [0.5, 0.6) is 0 Å². The van der Waals surface area contributed by atoms with E-state index in [0.29, 0.717) is 17.9 Å². The second kappa shape index (κ2) is 8.61. The van der Waals surface area contributed by atoms with Gasteiger partial charge in [-0.3, -0.25) is 9.69 Å². The number of carbonyl (C=O) groups excluding carboxylic acids is 1. The molecule has 1 aliphatic heterocycles. The molecule has 3 aromatic rings. The SMILES string of the molecule is CCn1nnc(-c2ccc(CN3CCC(C(=O)c4ccc(F)cc4)CC3)cc2)n1. The van der Waals surface area contributed by atoms with Crippen molar-refractivity contribution in [2.45, 2.75) is 32.9 Å². The number of piperidine rings is 1. The molecule has 6 nitrogen and oxygen atoms in total. The van der Waals surface area contributed by atoms with Gasteiger partial charge >= 0.3 is 0 Å². The number of Topliss-reactive ketones (excluding diaryl/α,β-unsaturated/α-hetero) is 1. The number of ketones is 1. The van der Waals surface area contributed by atoms with Gasteiger partial charge < -0.3 is 0 Å².